The quantitative estimate of drug-likeness (QED) is 0.867. The molecule has 2 rings (SSSR count). The lowest BCUT2D eigenvalue weighted by Crippen LogP contribution is -2.46. The third-order valence-corrected chi connectivity index (χ3v) is 4.19. The Morgan fingerprint density at radius 1 is 1.43 bits per heavy atom. The fourth-order valence-corrected chi connectivity index (χ4v) is 3.07. The topological polar surface area (TPSA) is 55.6 Å². The molecule has 2 unspecified atom stereocenters. The second-order valence-electron chi connectivity index (χ2n) is 5.87. The molecule has 1 heterocycles. The van der Waals surface area contributed by atoms with Gasteiger partial charge in [0.15, 0.2) is 0 Å². The van der Waals surface area contributed by atoms with Crippen LogP contribution in [0, 0.1) is 11.8 Å². The van der Waals surface area contributed by atoms with Crippen molar-refractivity contribution in [1.82, 2.24) is 4.90 Å². The predicted octanol–water partition coefficient (Wildman–Crippen LogP) is 1.69. The van der Waals surface area contributed by atoms with Crippen LogP contribution in [0.1, 0.15) is 18.4 Å². The Balaban J connectivity index is 1.95. The Hall–Kier alpha value is -1.39. The van der Waals surface area contributed by atoms with Crippen LogP contribution >= 0.6 is 0 Å². The predicted molar refractivity (Wildman–Crippen MR) is 83.9 cm³/mol. The Morgan fingerprint density at radius 2 is 2.19 bits per heavy atom. The number of hydrogen-bond donors (Lipinski definition) is 1. The van der Waals surface area contributed by atoms with Gasteiger partial charge in [0.2, 0.25) is 5.91 Å². The highest BCUT2D eigenvalue weighted by atomic mass is 16.5. The maximum Gasteiger partial charge on any atom is 0.227 e. The summed E-state index contributed by atoms with van der Waals surface area (Å²) in [6.45, 7) is 2.79. The first-order chi connectivity index (χ1) is 10.2. The first-order valence-corrected chi connectivity index (χ1v) is 7.76. The fourth-order valence-electron chi connectivity index (χ4n) is 3.07. The molecule has 0 radical (unpaired) electrons. The monoisotopic (exact) mass is 290 g/mol. The van der Waals surface area contributed by atoms with Crippen molar-refractivity contribution in [2.24, 2.45) is 17.6 Å². The smallest absolute Gasteiger partial charge is 0.227 e. The molecule has 21 heavy (non-hydrogen) atoms. The number of methoxy groups -OCH3 is 1. The summed E-state index contributed by atoms with van der Waals surface area (Å²) in [6.07, 6.45) is 2.92. The van der Waals surface area contributed by atoms with Crippen molar-refractivity contribution in [3.05, 3.63) is 35.9 Å². The summed E-state index contributed by atoms with van der Waals surface area (Å²) in [6, 6.07) is 10.1. The van der Waals surface area contributed by atoms with Crippen LogP contribution in [0.3, 0.4) is 0 Å². The van der Waals surface area contributed by atoms with E-state index in [0.29, 0.717) is 12.5 Å². The molecule has 0 bridgehead atoms. The molecule has 1 fully saturated rings. The third-order valence-electron chi connectivity index (χ3n) is 4.19. The average molecular weight is 290 g/mol. The number of carbonyl (C=O) groups excluding carboxylic acids is 1. The summed E-state index contributed by atoms with van der Waals surface area (Å²) < 4.78 is 5.23. The van der Waals surface area contributed by atoms with Crippen LogP contribution in [0.5, 0.6) is 0 Å². The van der Waals surface area contributed by atoms with Crippen molar-refractivity contribution in [3.8, 4) is 0 Å². The minimum atomic E-state index is -0.117. The van der Waals surface area contributed by atoms with Gasteiger partial charge in [0.1, 0.15) is 0 Å². The first-order valence-electron chi connectivity index (χ1n) is 7.76. The van der Waals surface area contributed by atoms with Gasteiger partial charge >= 0.3 is 0 Å². The molecule has 1 aromatic carbocycles. The van der Waals surface area contributed by atoms with Crippen molar-refractivity contribution in [2.75, 3.05) is 33.4 Å². The molecule has 0 spiro atoms. The number of nitrogens with zero attached hydrogens (tertiary/aromatic N) is 1. The molecule has 1 aromatic rings. The minimum absolute atomic E-state index is 0.117. The third kappa shape index (κ3) is 4.55. The van der Waals surface area contributed by atoms with E-state index in [1.807, 2.05) is 23.1 Å². The second kappa shape index (κ2) is 8.15. The molecule has 4 heteroatoms. The minimum Gasteiger partial charge on any atom is -0.384 e. The zero-order valence-corrected chi connectivity index (χ0v) is 12.8. The lowest BCUT2D eigenvalue weighted by atomic mass is 9.94. The zero-order chi connectivity index (χ0) is 15.1. The molecule has 0 aromatic heterocycles. The lowest BCUT2D eigenvalue weighted by molar-refractivity contribution is -0.137. The van der Waals surface area contributed by atoms with E-state index in [2.05, 4.69) is 12.1 Å². The Morgan fingerprint density at radius 3 is 2.86 bits per heavy atom. The van der Waals surface area contributed by atoms with Gasteiger partial charge in [-0.05, 0) is 30.7 Å². The van der Waals surface area contributed by atoms with Crippen LogP contribution in [0.25, 0.3) is 0 Å². The number of amides is 1. The van der Waals surface area contributed by atoms with Crippen molar-refractivity contribution >= 4 is 5.91 Å². The number of rotatable bonds is 6. The number of carbonyl (C=O) groups is 1. The van der Waals surface area contributed by atoms with Crippen LogP contribution in [-0.2, 0) is 16.0 Å². The van der Waals surface area contributed by atoms with E-state index < -0.39 is 0 Å². The number of nitrogens with two attached hydrogens (primary N) is 1. The number of likely N-dealkylation sites (tertiary alicyclic amines) is 1. The van der Waals surface area contributed by atoms with E-state index in [9.17, 15) is 4.79 Å². The SMILES string of the molecule is COCC1CCCN(C(=O)C(CN)Cc2ccccc2)C1. The molecule has 1 amide bonds. The van der Waals surface area contributed by atoms with Crippen molar-refractivity contribution in [1.29, 1.82) is 0 Å². The normalized spacial score (nSPS) is 20.3. The van der Waals surface area contributed by atoms with E-state index in [1.54, 1.807) is 7.11 Å². The van der Waals surface area contributed by atoms with Gasteiger partial charge in [0.25, 0.3) is 0 Å². The second-order valence-corrected chi connectivity index (χ2v) is 5.87. The highest BCUT2D eigenvalue weighted by molar-refractivity contribution is 5.79. The highest BCUT2D eigenvalue weighted by Crippen LogP contribution is 2.20. The van der Waals surface area contributed by atoms with Crippen molar-refractivity contribution < 1.29 is 9.53 Å². The Bertz CT molecular complexity index is 434. The van der Waals surface area contributed by atoms with Crippen LogP contribution < -0.4 is 5.73 Å². The lowest BCUT2D eigenvalue weighted by Gasteiger charge is -2.34. The molecule has 2 N–H and O–H groups in total. The van der Waals surface area contributed by atoms with Crippen LogP contribution in [-0.4, -0.2) is 44.2 Å². The van der Waals surface area contributed by atoms with Gasteiger partial charge < -0.3 is 15.4 Å². The van der Waals surface area contributed by atoms with E-state index in [4.69, 9.17) is 10.5 Å². The number of hydrogen-bond acceptors (Lipinski definition) is 3. The molecule has 4 nitrogen and oxygen atoms in total. The molecule has 116 valence electrons. The molecule has 1 aliphatic rings. The molecule has 0 saturated carbocycles. The largest absolute Gasteiger partial charge is 0.384 e. The highest BCUT2D eigenvalue weighted by Gasteiger charge is 2.28. The van der Waals surface area contributed by atoms with Gasteiger partial charge in [0.05, 0.1) is 12.5 Å². The number of piperidine rings is 1. The average Bonchev–Trinajstić information content (AvgIpc) is 2.53. The van der Waals surface area contributed by atoms with Gasteiger partial charge in [0, 0.05) is 26.7 Å². The standard InChI is InChI=1S/C17H26N2O2/c1-21-13-15-8-5-9-19(12-15)17(20)16(11-18)10-14-6-3-2-4-7-14/h2-4,6-7,15-16H,5,8-13,18H2,1H3. The van der Waals surface area contributed by atoms with Gasteiger partial charge in [-0.3, -0.25) is 4.79 Å². The number of benzene rings is 1. The fraction of sp³-hybridized carbons (Fsp3) is 0.588. The first kappa shape index (κ1) is 16.0. The van der Waals surface area contributed by atoms with Crippen molar-refractivity contribution in [2.45, 2.75) is 19.3 Å². The Labute approximate surface area is 127 Å². The Kier molecular flexibility index (Phi) is 6.21. The van der Waals surface area contributed by atoms with Gasteiger partial charge in [-0.25, -0.2) is 0 Å². The zero-order valence-electron chi connectivity index (χ0n) is 12.8. The van der Waals surface area contributed by atoms with E-state index in [-0.39, 0.29) is 11.8 Å². The molecule has 2 atom stereocenters. The summed E-state index contributed by atoms with van der Waals surface area (Å²) in [5.41, 5.74) is 7.02. The maximum atomic E-state index is 12.7. The van der Waals surface area contributed by atoms with E-state index in [1.165, 1.54) is 5.56 Å². The number of ether oxygens (including phenoxy) is 1. The van der Waals surface area contributed by atoms with Gasteiger partial charge in [-0.2, -0.15) is 0 Å². The summed E-state index contributed by atoms with van der Waals surface area (Å²) >= 11 is 0. The van der Waals surface area contributed by atoms with E-state index in [0.717, 1.165) is 39.0 Å². The summed E-state index contributed by atoms with van der Waals surface area (Å²) in [5, 5.41) is 0. The summed E-state index contributed by atoms with van der Waals surface area (Å²) in [5.74, 6) is 0.540. The van der Waals surface area contributed by atoms with Crippen LogP contribution in [0.2, 0.25) is 0 Å². The molecule has 0 aliphatic carbocycles. The maximum absolute atomic E-state index is 12.7. The molecular formula is C17H26N2O2. The summed E-state index contributed by atoms with van der Waals surface area (Å²) in [4.78, 5) is 14.7. The van der Waals surface area contributed by atoms with E-state index >= 15 is 0 Å². The van der Waals surface area contributed by atoms with Gasteiger partial charge in [-0.1, -0.05) is 30.3 Å². The van der Waals surface area contributed by atoms with Gasteiger partial charge in [-0.15, -0.1) is 0 Å². The molecule has 1 aliphatic heterocycles. The molecular weight excluding hydrogens is 264 g/mol. The summed E-state index contributed by atoms with van der Waals surface area (Å²) in [7, 11) is 1.72. The van der Waals surface area contributed by atoms with Crippen LogP contribution in [0.15, 0.2) is 30.3 Å². The van der Waals surface area contributed by atoms with Crippen LogP contribution in [0.4, 0.5) is 0 Å². The molecule has 1 saturated heterocycles. The van der Waals surface area contributed by atoms with Crippen molar-refractivity contribution in [3.63, 3.8) is 0 Å².